The third-order valence-electron chi connectivity index (χ3n) is 1.53. The van der Waals surface area contributed by atoms with Crippen LogP contribution in [0.2, 0.25) is 0 Å². The number of aromatic nitrogens is 2. The Balaban J connectivity index is 2.59. The third kappa shape index (κ3) is 3.26. The summed E-state index contributed by atoms with van der Waals surface area (Å²) in [6, 6.07) is -1.08. The van der Waals surface area contributed by atoms with Crippen LogP contribution in [0.4, 0.5) is 0 Å². The van der Waals surface area contributed by atoms with Crippen molar-refractivity contribution in [3.8, 4) is 0 Å². The van der Waals surface area contributed by atoms with Crippen LogP contribution in [0.15, 0.2) is 6.20 Å². The molecule has 15 heavy (non-hydrogen) atoms. The molecular formula is C7H9N3O4S. The standard InChI is InChI=1S/C7H9N3O4S/c1-14-3-5(7(12)13)9-6(11)4-2-8-15-10-4/h2,5H,3H2,1H3,(H,9,11)(H,12,13). The molecule has 8 heteroatoms. The highest BCUT2D eigenvalue weighted by Crippen LogP contribution is 1.96. The van der Waals surface area contributed by atoms with Gasteiger partial charge in [0.25, 0.3) is 5.91 Å². The monoisotopic (exact) mass is 231 g/mol. The summed E-state index contributed by atoms with van der Waals surface area (Å²) < 4.78 is 12.0. The number of aliphatic carboxylic acids is 1. The van der Waals surface area contributed by atoms with E-state index in [0.717, 1.165) is 11.7 Å². The fourth-order valence-electron chi connectivity index (χ4n) is 0.838. The van der Waals surface area contributed by atoms with Gasteiger partial charge in [-0.1, -0.05) is 0 Å². The maximum absolute atomic E-state index is 11.4. The molecule has 0 saturated heterocycles. The number of methoxy groups -OCH3 is 1. The SMILES string of the molecule is COCC(NC(=O)c1cnsn1)C(=O)O. The summed E-state index contributed by atoms with van der Waals surface area (Å²) in [7, 11) is 1.35. The van der Waals surface area contributed by atoms with Gasteiger partial charge in [0.05, 0.1) is 24.5 Å². The van der Waals surface area contributed by atoms with Gasteiger partial charge in [0.1, 0.15) is 0 Å². The van der Waals surface area contributed by atoms with Gasteiger partial charge in [-0.25, -0.2) is 4.79 Å². The van der Waals surface area contributed by atoms with Gasteiger partial charge in [-0.2, -0.15) is 8.75 Å². The Morgan fingerprint density at radius 3 is 2.93 bits per heavy atom. The lowest BCUT2D eigenvalue weighted by atomic mass is 10.3. The molecule has 0 spiro atoms. The molecule has 1 heterocycles. The molecule has 2 N–H and O–H groups in total. The molecule has 1 aromatic heterocycles. The lowest BCUT2D eigenvalue weighted by Crippen LogP contribution is -2.43. The minimum atomic E-state index is -1.16. The summed E-state index contributed by atoms with van der Waals surface area (Å²) in [5, 5.41) is 11.0. The van der Waals surface area contributed by atoms with E-state index in [2.05, 4.69) is 18.8 Å². The highest BCUT2D eigenvalue weighted by molar-refractivity contribution is 6.99. The molecule has 1 aromatic rings. The van der Waals surface area contributed by atoms with Crippen LogP contribution in [0.3, 0.4) is 0 Å². The van der Waals surface area contributed by atoms with Crippen molar-refractivity contribution in [3.05, 3.63) is 11.9 Å². The molecule has 0 aliphatic heterocycles. The summed E-state index contributed by atoms with van der Waals surface area (Å²) in [6.07, 6.45) is 1.27. The molecule has 0 bridgehead atoms. The number of rotatable bonds is 5. The smallest absolute Gasteiger partial charge is 0.328 e. The maximum atomic E-state index is 11.4. The largest absolute Gasteiger partial charge is 0.480 e. The Hall–Kier alpha value is -1.54. The summed E-state index contributed by atoms with van der Waals surface area (Å²) in [6.45, 7) is -0.0986. The Morgan fingerprint density at radius 1 is 1.73 bits per heavy atom. The van der Waals surface area contributed by atoms with Crippen LogP contribution >= 0.6 is 11.7 Å². The lowest BCUT2D eigenvalue weighted by molar-refractivity contribution is -0.140. The fourth-order valence-corrected chi connectivity index (χ4v) is 1.25. The van der Waals surface area contributed by atoms with E-state index < -0.39 is 17.9 Å². The predicted octanol–water partition coefficient (Wildman–Crippen LogP) is -0.633. The number of carbonyl (C=O) groups is 2. The van der Waals surface area contributed by atoms with Gasteiger partial charge >= 0.3 is 5.97 Å². The van der Waals surface area contributed by atoms with Gasteiger partial charge < -0.3 is 15.2 Å². The number of nitrogens with one attached hydrogen (secondary N) is 1. The first-order chi connectivity index (χ1) is 7.15. The highest BCUT2D eigenvalue weighted by Gasteiger charge is 2.21. The van der Waals surface area contributed by atoms with Gasteiger partial charge in [0.15, 0.2) is 11.7 Å². The molecule has 82 valence electrons. The quantitative estimate of drug-likeness (QED) is 0.699. The number of carbonyl (C=O) groups excluding carboxylic acids is 1. The first-order valence-corrected chi connectivity index (χ1v) is 4.68. The molecule has 1 rings (SSSR count). The topological polar surface area (TPSA) is 101 Å². The van der Waals surface area contributed by atoms with Crippen LogP contribution in [0.5, 0.6) is 0 Å². The van der Waals surface area contributed by atoms with Crippen LogP contribution in [0.25, 0.3) is 0 Å². The summed E-state index contributed by atoms with van der Waals surface area (Å²) in [5.41, 5.74) is 0.0994. The average molecular weight is 231 g/mol. The van der Waals surface area contributed by atoms with Gasteiger partial charge in [-0.3, -0.25) is 4.79 Å². The molecule has 1 unspecified atom stereocenters. The van der Waals surface area contributed by atoms with Crippen molar-refractivity contribution in [2.75, 3.05) is 13.7 Å². The van der Waals surface area contributed by atoms with Crippen molar-refractivity contribution in [3.63, 3.8) is 0 Å². The van der Waals surface area contributed by atoms with Crippen molar-refractivity contribution >= 4 is 23.6 Å². The highest BCUT2D eigenvalue weighted by atomic mass is 32.1. The zero-order valence-corrected chi connectivity index (χ0v) is 8.65. The minimum absolute atomic E-state index is 0.0986. The van der Waals surface area contributed by atoms with Gasteiger partial charge in [0, 0.05) is 7.11 Å². The van der Waals surface area contributed by atoms with E-state index in [9.17, 15) is 9.59 Å². The maximum Gasteiger partial charge on any atom is 0.328 e. The molecule has 0 fully saturated rings. The molecule has 0 radical (unpaired) electrons. The summed E-state index contributed by atoms with van der Waals surface area (Å²) in [5.74, 6) is -1.73. The zero-order valence-electron chi connectivity index (χ0n) is 7.84. The molecule has 1 atom stereocenters. The van der Waals surface area contributed by atoms with E-state index in [4.69, 9.17) is 5.11 Å². The first-order valence-electron chi connectivity index (χ1n) is 3.95. The van der Waals surface area contributed by atoms with E-state index >= 15 is 0 Å². The van der Waals surface area contributed by atoms with Gasteiger partial charge in [-0.15, -0.1) is 0 Å². The summed E-state index contributed by atoms with van der Waals surface area (Å²) in [4.78, 5) is 22.0. The van der Waals surface area contributed by atoms with Crippen molar-refractivity contribution in [1.29, 1.82) is 0 Å². The number of ether oxygens (including phenoxy) is 1. The lowest BCUT2D eigenvalue weighted by Gasteiger charge is -2.11. The second-order valence-corrected chi connectivity index (χ2v) is 3.17. The minimum Gasteiger partial charge on any atom is -0.480 e. The van der Waals surface area contributed by atoms with E-state index in [1.54, 1.807) is 0 Å². The van der Waals surface area contributed by atoms with Gasteiger partial charge in [0.2, 0.25) is 0 Å². The van der Waals surface area contributed by atoms with E-state index in [-0.39, 0.29) is 12.3 Å². The van der Waals surface area contributed by atoms with Crippen LogP contribution in [0.1, 0.15) is 10.5 Å². The first kappa shape index (κ1) is 11.5. The molecule has 0 aromatic carbocycles. The summed E-state index contributed by atoms with van der Waals surface area (Å²) >= 11 is 0.877. The fraction of sp³-hybridized carbons (Fsp3) is 0.429. The zero-order chi connectivity index (χ0) is 11.3. The number of hydrogen-bond donors (Lipinski definition) is 2. The normalized spacial score (nSPS) is 12.1. The Labute approximate surface area is 89.4 Å². The number of hydrogen-bond acceptors (Lipinski definition) is 6. The number of carboxylic acid groups (broad SMARTS) is 1. The number of amides is 1. The molecule has 7 nitrogen and oxygen atoms in total. The molecular weight excluding hydrogens is 222 g/mol. The van der Waals surface area contributed by atoms with Crippen LogP contribution in [-0.2, 0) is 9.53 Å². The van der Waals surface area contributed by atoms with Crippen LogP contribution in [0, 0.1) is 0 Å². The van der Waals surface area contributed by atoms with E-state index in [0.29, 0.717) is 0 Å². The second kappa shape index (κ2) is 5.37. The Kier molecular flexibility index (Phi) is 4.13. The molecule has 0 saturated carbocycles. The number of carboxylic acids is 1. The van der Waals surface area contributed by atoms with Crippen molar-refractivity contribution in [2.45, 2.75) is 6.04 Å². The molecule has 0 aliphatic rings. The predicted molar refractivity (Wildman–Crippen MR) is 50.7 cm³/mol. The molecule has 0 aliphatic carbocycles. The van der Waals surface area contributed by atoms with Crippen LogP contribution in [-0.4, -0.2) is 45.5 Å². The second-order valence-electron chi connectivity index (χ2n) is 2.61. The average Bonchev–Trinajstić information content (AvgIpc) is 2.69. The Morgan fingerprint density at radius 2 is 2.47 bits per heavy atom. The number of nitrogens with zero attached hydrogens (tertiary/aromatic N) is 2. The van der Waals surface area contributed by atoms with Crippen molar-refractivity contribution in [2.24, 2.45) is 0 Å². The van der Waals surface area contributed by atoms with Crippen LogP contribution < -0.4 is 5.32 Å². The molecule has 1 amide bonds. The van der Waals surface area contributed by atoms with Gasteiger partial charge in [-0.05, 0) is 0 Å². The van der Waals surface area contributed by atoms with E-state index in [1.165, 1.54) is 13.3 Å². The van der Waals surface area contributed by atoms with Crippen molar-refractivity contribution < 1.29 is 19.4 Å². The van der Waals surface area contributed by atoms with E-state index in [1.807, 2.05) is 0 Å². The third-order valence-corrected chi connectivity index (χ3v) is 2.01. The van der Waals surface area contributed by atoms with Crippen molar-refractivity contribution in [1.82, 2.24) is 14.1 Å². The Bertz CT molecular complexity index is 340.